The van der Waals surface area contributed by atoms with Crippen LogP contribution in [0.1, 0.15) is 17.3 Å². The molecule has 1 saturated heterocycles. The Bertz CT molecular complexity index is 1070. The standard InChI is InChI=1S/C19H20FN3O6S/c1-2-29-17-8-7-14(13-16(17)23(25)26)19(24)21-9-11-22(12-10-21)30(27,28)18-6-4-3-5-15(18)20/h3-8,13H,2,9-12H2,1H3. The SMILES string of the molecule is CCOc1ccc(C(=O)N2CCN(S(=O)(=O)c3ccccc3F)CC2)cc1[N+](=O)[O-]. The molecule has 0 bridgehead atoms. The van der Waals surface area contributed by atoms with E-state index in [4.69, 9.17) is 4.74 Å². The number of carbonyl (C=O) groups is 1. The maximum absolute atomic E-state index is 13.9. The number of nitro benzene ring substituents is 1. The summed E-state index contributed by atoms with van der Waals surface area (Å²) < 4.78 is 45.6. The molecule has 0 aromatic heterocycles. The second-order valence-electron chi connectivity index (χ2n) is 6.50. The van der Waals surface area contributed by atoms with Crippen LogP contribution >= 0.6 is 0 Å². The fourth-order valence-corrected chi connectivity index (χ4v) is 4.66. The molecule has 2 aromatic rings. The molecule has 0 N–H and O–H groups in total. The zero-order valence-corrected chi connectivity index (χ0v) is 17.0. The Hall–Kier alpha value is -3.05. The highest BCUT2D eigenvalue weighted by Crippen LogP contribution is 2.29. The summed E-state index contributed by atoms with van der Waals surface area (Å²) in [4.78, 5) is 24.4. The van der Waals surface area contributed by atoms with E-state index in [1.165, 1.54) is 35.2 Å². The average Bonchev–Trinajstić information content (AvgIpc) is 2.74. The Kier molecular flexibility index (Phi) is 6.32. The first-order valence-electron chi connectivity index (χ1n) is 9.21. The van der Waals surface area contributed by atoms with E-state index in [1.54, 1.807) is 6.92 Å². The molecule has 30 heavy (non-hydrogen) atoms. The largest absolute Gasteiger partial charge is 0.487 e. The lowest BCUT2D eigenvalue weighted by Gasteiger charge is -2.34. The minimum Gasteiger partial charge on any atom is -0.487 e. The van der Waals surface area contributed by atoms with E-state index in [2.05, 4.69) is 0 Å². The smallest absolute Gasteiger partial charge is 0.311 e. The monoisotopic (exact) mass is 437 g/mol. The van der Waals surface area contributed by atoms with Crippen molar-refractivity contribution in [3.05, 3.63) is 64.0 Å². The van der Waals surface area contributed by atoms with Gasteiger partial charge in [0.1, 0.15) is 10.7 Å². The maximum atomic E-state index is 13.9. The number of piperazine rings is 1. The summed E-state index contributed by atoms with van der Waals surface area (Å²) in [6.07, 6.45) is 0. The van der Waals surface area contributed by atoms with Crippen LogP contribution in [0.25, 0.3) is 0 Å². The third kappa shape index (κ3) is 4.26. The highest BCUT2D eigenvalue weighted by atomic mass is 32.2. The third-order valence-corrected chi connectivity index (χ3v) is 6.61. The molecule has 0 spiro atoms. The first-order valence-corrected chi connectivity index (χ1v) is 10.6. The van der Waals surface area contributed by atoms with Gasteiger partial charge in [0.15, 0.2) is 5.75 Å². The molecule has 1 amide bonds. The number of ether oxygens (including phenoxy) is 1. The molecule has 9 nitrogen and oxygen atoms in total. The van der Waals surface area contributed by atoms with Crippen molar-refractivity contribution in [2.75, 3.05) is 32.8 Å². The molecule has 3 rings (SSSR count). The van der Waals surface area contributed by atoms with Crippen LogP contribution in [0.15, 0.2) is 47.4 Å². The van der Waals surface area contributed by atoms with E-state index < -0.39 is 31.6 Å². The average molecular weight is 437 g/mol. The molecule has 1 aliphatic rings. The maximum Gasteiger partial charge on any atom is 0.311 e. The molecule has 160 valence electrons. The lowest BCUT2D eigenvalue weighted by atomic mass is 10.1. The normalized spacial score (nSPS) is 15.1. The molecule has 1 aliphatic heterocycles. The summed E-state index contributed by atoms with van der Waals surface area (Å²) >= 11 is 0. The second-order valence-corrected chi connectivity index (χ2v) is 8.41. The lowest BCUT2D eigenvalue weighted by molar-refractivity contribution is -0.385. The molecular weight excluding hydrogens is 417 g/mol. The molecule has 0 radical (unpaired) electrons. The van der Waals surface area contributed by atoms with Gasteiger partial charge in [0, 0.05) is 37.8 Å². The number of nitro groups is 1. The fraction of sp³-hybridized carbons (Fsp3) is 0.316. The van der Waals surface area contributed by atoms with Crippen molar-refractivity contribution in [1.82, 2.24) is 9.21 Å². The van der Waals surface area contributed by atoms with Gasteiger partial charge in [0.2, 0.25) is 10.0 Å². The molecule has 0 saturated carbocycles. The van der Waals surface area contributed by atoms with E-state index in [1.807, 2.05) is 0 Å². The van der Waals surface area contributed by atoms with Crippen LogP contribution in [0.3, 0.4) is 0 Å². The van der Waals surface area contributed by atoms with Gasteiger partial charge in [-0.25, -0.2) is 12.8 Å². The molecule has 1 heterocycles. The van der Waals surface area contributed by atoms with Crippen molar-refractivity contribution in [1.29, 1.82) is 0 Å². The van der Waals surface area contributed by atoms with Gasteiger partial charge in [0.25, 0.3) is 5.91 Å². The molecule has 0 unspecified atom stereocenters. The number of hydrogen-bond acceptors (Lipinski definition) is 6. The first-order chi connectivity index (χ1) is 14.3. The zero-order chi connectivity index (χ0) is 21.9. The summed E-state index contributed by atoms with van der Waals surface area (Å²) in [5.41, 5.74) is -0.209. The molecule has 11 heteroatoms. The minimum absolute atomic E-state index is 0.0124. The minimum atomic E-state index is -4.02. The van der Waals surface area contributed by atoms with Gasteiger partial charge in [-0.15, -0.1) is 0 Å². The van der Waals surface area contributed by atoms with Gasteiger partial charge in [0.05, 0.1) is 11.5 Å². The Labute approximate surface area is 172 Å². The van der Waals surface area contributed by atoms with Gasteiger partial charge in [-0.2, -0.15) is 4.31 Å². The highest BCUT2D eigenvalue weighted by Gasteiger charge is 2.32. The summed E-state index contributed by atoms with van der Waals surface area (Å²) in [5, 5.41) is 11.3. The van der Waals surface area contributed by atoms with Crippen LogP contribution < -0.4 is 4.74 Å². The van der Waals surface area contributed by atoms with E-state index in [0.717, 1.165) is 16.4 Å². The number of rotatable bonds is 6. The van der Waals surface area contributed by atoms with Crippen LogP contribution in [0.5, 0.6) is 5.75 Å². The van der Waals surface area contributed by atoms with Crippen molar-refractivity contribution in [2.24, 2.45) is 0 Å². The second kappa shape index (κ2) is 8.76. The van der Waals surface area contributed by atoms with E-state index >= 15 is 0 Å². The highest BCUT2D eigenvalue weighted by molar-refractivity contribution is 7.89. The third-order valence-electron chi connectivity index (χ3n) is 4.68. The van der Waals surface area contributed by atoms with E-state index in [9.17, 15) is 27.7 Å². The Morgan fingerprint density at radius 1 is 1.17 bits per heavy atom. The van der Waals surface area contributed by atoms with Gasteiger partial charge in [-0.1, -0.05) is 12.1 Å². The first kappa shape index (κ1) is 21.7. The van der Waals surface area contributed by atoms with E-state index in [0.29, 0.717) is 0 Å². The van der Waals surface area contributed by atoms with Crippen molar-refractivity contribution >= 4 is 21.6 Å². The van der Waals surface area contributed by atoms with Crippen LogP contribution in [0.4, 0.5) is 10.1 Å². The summed E-state index contributed by atoms with van der Waals surface area (Å²) in [6, 6.07) is 9.06. The molecule has 0 atom stereocenters. The molecular formula is C19H20FN3O6S. The Morgan fingerprint density at radius 3 is 2.43 bits per heavy atom. The summed E-state index contributed by atoms with van der Waals surface area (Å²) in [6.45, 7) is 2.06. The van der Waals surface area contributed by atoms with E-state index in [-0.39, 0.29) is 49.8 Å². The Balaban J connectivity index is 1.74. The molecule has 0 aliphatic carbocycles. The van der Waals surface area contributed by atoms with Crippen molar-refractivity contribution in [3.8, 4) is 5.75 Å². The van der Waals surface area contributed by atoms with Crippen LogP contribution in [0, 0.1) is 15.9 Å². The lowest BCUT2D eigenvalue weighted by Crippen LogP contribution is -2.50. The van der Waals surface area contributed by atoms with Crippen LogP contribution in [-0.2, 0) is 10.0 Å². The fourth-order valence-electron chi connectivity index (χ4n) is 3.18. The van der Waals surface area contributed by atoms with Gasteiger partial charge >= 0.3 is 5.69 Å². The predicted molar refractivity (Wildman–Crippen MR) is 105 cm³/mol. The number of halogens is 1. The summed E-state index contributed by atoms with van der Waals surface area (Å²) in [5.74, 6) is -1.22. The van der Waals surface area contributed by atoms with Gasteiger partial charge < -0.3 is 9.64 Å². The van der Waals surface area contributed by atoms with Crippen molar-refractivity contribution in [3.63, 3.8) is 0 Å². The van der Waals surface area contributed by atoms with Crippen LogP contribution in [-0.4, -0.2) is 61.2 Å². The molecule has 2 aromatic carbocycles. The van der Waals surface area contributed by atoms with Crippen molar-refractivity contribution in [2.45, 2.75) is 11.8 Å². The Morgan fingerprint density at radius 2 is 1.83 bits per heavy atom. The zero-order valence-electron chi connectivity index (χ0n) is 16.2. The van der Waals surface area contributed by atoms with Gasteiger partial charge in [-0.3, -0.25) is 14.9 Å². The van der Waals surface area contributed by atoms with Gasteiger partial charge in [-0.05, 0) is 31.2 Å². The van der Waals surface area contributed by atoms with Crippen LogP contribution in [0.2, 0.25) is 0 Å². The number of amides is 1. The number of hydrogen-bond donors (Lipinski definition) is 0. The number of sulfonamides is 1. The number of carbonyl (C=O) groups excluding carboxylic acids is 1. The molecule has 1 fully saturated rings. The quantitative estimate of drug-likeness (QED) is 0.507. The predicted octanol–water partition coefficient (Wildman–Crippen LogP) is 2.28. The number of benzene rings is 2. The van der Waals surface area contributed by atoms with Crippen molar-refractivity contribution < 1.29 is 27.3 Å². The topological polar surface area (TPSA) is 110 Å². The summed E-state index contributed by atoms with van der Waals surface area (Å²) in [7, 11) is -4.02. The number of nitrogens with zero attached hydrogens (tertiary/aromatic N) is 3.